The Morgan fingerprint density at radius 1 is 0.424 bits per heavy atom. The fraction of sp³-hybridized carbons (Fsp3) is 0.495. The predicted octanol–water partition coefficient (Wildman–Crippen LogP) is 22.2. The molecule has 4 aliphatic rings. The number of aliphatic hydroxyl groups is 1. The second-order valence-corrected chi connectivity index (χ2v) is 49.8. The van der Waals surface area contributed by atoms with Crippen LogP contribution in [0.5, 0.6) is 0 Å². The number of carbonyl (C=O) groups excluding carboxylic acids is 6. The first-order chi connectivity index (χ1) is 59.4. The lowest BCUT2D eigenvalue weighted by Crippen LogP contribution is -2.49. The third-order valence-electron chi connectivity index (χ3n) is 22.9. The number of Topliss-reactive ketones (excluding diaryl/α,β-unsaturated/α-hetero) is 1. The minimum Gasteiger partial charge on any atom is -0.478 e. The largest absolute Gasteiger partial charge is 0.478 e. The Kier molecular flexibility index (Phi) is 43.7. The van der Waals surface area contributed by atoms with E-state index in [9.17, 15) is 51.8 Å². The van der Waals surface area contributed by atoms with Crippen LogP contribution in [0.3, 0.4) is 0 Å². The first-order valence-electron chi connectivity index (χ1n) is 43.7. The maximum Gasteiger partial charge on any atom is 0.428 e. The van der Waals surface area contributed by atoms with Gasteiger partial charge in [0.1, 0.15) is 18.8 Å². The molecule has 0 bridgehead atoms. The zero-order valence-corrected chi connectivity index (χ0v) is 80.2. The number of rotatable bonds is 32. The lowest BCUT2D eigenvalue weighted by molar-refractivity contribution is -0.256. The van der Waals surface area contributed by atoms with E-state index in [1.165, 1.54) is 47.3 Å². The van der Waals surface area contributed by atoms with Gasteiger partial charge < -0.3 is 59.7 Å². The minimum absolute atomic E-state index is 0.0583. The van der Waals surface area contributed by atoms with Gasteiger partial charge >= 0.3 is 24.1 Å². The van der Waals surface area contributed by atoms with E-state index in [2.05, 4.69) is 61.0 Å². The molecule has 125 heavy (non-hydrogen) atoms. The SMILES string of the molecule is CN(C)C(=O)c1ccc(N2CCC(CCCCC(=O)C(O)(c3ccccc3)C(F)(F)F)CC2)cc1Cl.CN(C)C(=O)c1ccc(N2CCC(CCCCC(=O)OCc3ccccc3)CC2)cc1Cl.CN(C)C(=O)c1ccc(N2CCC(CCCN)CC2)cc1Cl.C[Si](C)(C)I.O=C(CCCCC1CCN(c2ccc(C(=O)O)c(Cl)c2)CC1)OCc1ccccc1. The van der Waals surface area contributed by atoms with E-state index in [0.29, 0.717) is 88.4 Å². The molecule has 19 nitrogen and oxygen atoms in total. The Morgan fingerprint density at radius 3 is 0.944 bits per heavy atom. The van der Waals surface area contributed by atoms with Crippen molar-refractivity contribution < 1.29 is 66.4 Å². The summed E-state index contributed by atoms with van der Waals surface area (Å²) in [5, 5.41) is 21.2. The van der Waals surface area contributed by atoms with Crippen LogP contribution >= 0.6 is 68.2 Å². The Balaban J connectivity index is 0.000000227. The Labute approximate surface area is 772 Å². The Bertz CT molecular complexity index is 4520. The molecule has 3 amide bonds. The Hall–Kier alpha value is -7.95. The molecule has 4 N–H and O–H groups in total. The number of alkyl halides is 3. The van der Waals surface area contributed by atoms with E-state index in [1.54, 1.807) is 71.5 Å². The number of amides is 3. The molecule has 0 saturated carbocycles. The van der Waals surface area contributed by atoms with Gasteiger partial charge in [0, 0.05) is 142 Å². The van der Waals surface area contributed by atoms with E-state index >= 15 is 0 Å². The molecule has 4 saturated heterocycles. The molecule has 28 heteroatoms. The monoisotopic (exact) mass is 1930 g/mol. The summed E-state index contributed by atoms with van der Waals surface area (Å²) in [6.45, 7) is 16.0. The quantitative estimate of drug-likeness (QED) is 0.0117. The van der Waals surface area contributed by atoms with E-state index in [-0.39, 0.29) is 46.7 Å². The number of benzene rings is 7. The number of esters is 2. The number of halogens is 8. The molecular weight excluding hydrogens is 1810 g/mol. The van der Waals surface area contributed by atoms with Crippen molar-refractivity contribution in [3.05, 3.63) is 223 Å². The van der Waals surface area contributed by atoms with Crippen molar-refractivity contribution in [2.75, 3.05) is 121 Å². The third-order valence-corrected chi connectivity index (χ3v) is 24.2. The molecule has 7 aromatic carbocycles. The molecule has 7 aromatic rings. The summed E-state index contributed by atoms with van der Waals surface area (Å²) in [5.74, 6) is -0.193. The van der Waals surface area contributed by atoms with Crippen molar-refractivity contribution in [3.63, 3.8) is 0 Å². The predicted molar refractivity (Wildman–Crippen MR) is 512 cm³/mol. The highest BCUT2D eigenvalue weighted by Crippen LogP contribution is 2.42. The summed E-state index contributed by atoms with van der Waals surface area (Å²) >= 11 is 27.6. The van der Waals surface area contributed by atoms with Gasteiger partial charge in [-0.15, -0.1) is 21.8 Å². The van der Waals surface area contributed by atoms with Gasteiger partial charge in [0.15, 0.2) is 5.78 Å². The van der Waals surface area contributed by atoms with Crippen LogP contribution in [0.15, 0.2) is 164 Å². The van der Waals surface area contributed by atoms with Gasteiger partial charge in [0.25, 0.3) is 17.7 Å². The molecule has 1 unspecified atom stereocenters. The second kappa shape index (κ2) is 52.5. The summed E-state index contributed by atoms with van der Waals surface area (Å²) in [7, 11) is 10.3. The molecule has 11 rings (SSSR count). The van der Waals surface area contributed by atoms with Crippen LogP contribution in [0.25, 0.3) is 0 Å². The number of nitrogens with zero attached hydrogens (tertiary/aromatic N) is 7. The number of ether oxygens (including phenoxy) is 2. The standard InChI is InChI=1S/C27H32ClF3N2O3.C26H33ClN2O3.C24H28ClNO4.C17H26ClN3O.C3H9ISi/c1-32(2)25(35)22-13-12-21(18-23(22)28)33-16-14-19(15-17-33)8-6-7-11-24(34)26(36,27(29,30)31)20-9-4-3-5-10-20;1-28(2)26(31)23-13-12-22(18-24(23)27)29-16-14-20(15-17-29)8-6-7-11-25(30)32-19-21-9-4-3-5-10-21;25-22-16-20(10-11-21(22)24(28)29)26-14-12-18(13-15-26)6-4-5-9-23(27)30-17-19-7-2-1-3-8-19;1-20(2)17(22)15-6-5-14(12-16(15)18)21-10-7-13(8-11-21)4-3-9-19;1-5(2,3)4/h3-5,9-10,12-13,18-19,36H,6-8,11,14-17H2,1-2H3;3-5,9-10,12-13,18,20H,6-8,11,14-17,19H2,1-2H3;1-3,7-8,10-11,16,18H,4-6,9,12-15,17H2,(H,28,29);5-6,12-13H,3-4,7-11,19H2,1-2H3;1-3H3. The second-order valence-electron chi connectivity index (χ2n) is 34.3. The van der Waals surface area contributed by atoms with Crippen LogP contribution in [-0.4, -0.2) is 179 Å². The van der Waals surface area contributed by atoms with Crippen LogP contribution in [0.4, 0.5) is 35.9 Å². The number of carboxylic acids is 1. The number of unbranched alkanes of at least 4 members (excludes halogenated alkanes) is 3. The molecule has 4 aliphatic heterocycles. The fourth-order valence-electron chi connectivity index (χ4n) is 15.6. The van der Waals surface area contributed by atoms with Crippen molar-refractivity contribution in [3.8, 4) is 0 Å². The van der Waals surface area contributed by atoms with Gasteiger partial charge in [0.2, 0.25) is 5.60 Å². The third kappa shape index (κ3) is 34.9. The number of nitrogens with two attached hydrogens (primary N) is 1. The number of hydrogen-bond acceptors (Lipinski definition) is 15. The average molecular weight is 1940 g/mol. The average Bonchev–Trinajstić information content (AvgIpc) is 0.766. The lowest BCUT2D eigenvalue weighted by atomic mass is 9.85. The lowest BCUT2D eigenvalue weighted by Gasteiger charge is -2.34. The van der Waals surface area contributed by atoms with Crippen molar-refractivity contribution in [1.29, 1.82) is 0 Å². The summed E-state index contributed by atoms with van der Waals surface area (Å²) in [4.78, 5) is 97.5. The summed E-state index contributed by atoms with van der Waals surface area (Å²) < 4.78 is 51.6. The Morgan fingerprint density at radius 2 is 0.688 bits per heavy atom. The minimum atomic E-state index is -5.08. The number of piperidine rings is 4. The number of carbonyl (C=O) groups is 7. The fourth-order valence-corrected chi connectivity index (χ4v) is 16.7. The van der Waals surface area contributed by atoms with Crippen molar-refractivity contribution in [2.45, 2.75) is 186 Å². The molecule has 4 fully saturated rings. The van der Waals surface area contributed by atoms with E-state index in [0.717, 1.165) is 201 Å². The first kappa shape index (κ1) is 104. The van der Waals surface area contributed by atoms with Crippen molar-refractivity contribution in [2.24, 2.45) is 29.4 Å². The normalized spacial score (nSPS) is 15.2. The van der Waals surface area contributed by atoms with Gasteiger partial charge in [0.05, 0.1) is 42.3 Å². The van der Waals surface area contributed by atoms with Crippen molar-refractivity contribution >= 4 is 138 Å². The van der Waals surface area contributed by atoms with Crippen molar-refractivity contribution in [1.82, 2.24) is 14.7 Å². The maximum absolute atomic E-state index is 13.6. The number of aromatic carboxylic acids is 1. The smallest absolute Gasteiger partial charge is 0.428 e. The number of carboxylic acid groups (broad SMARTS) is 1. The van der Waals surface area contributed by atoms with Gasteiger partial charge in [-0.3, -0.25) is 28.8 Å². The van der Waals surface area contributed by atoms with E-state index < -0.39 is 34.7 Å². The highest BCUT2D eigenvalue weighted by atomic mass is 127. The molecule has 1 atom stereocenters. The van der Waals surface area contributed by atoms with Crippen LogP contribution in [0.1, 0.15) is 199 Å². The van der Waals surface area contributed by atoms with E-state index in [4.69, 9.17) is 66.7 Å². The summed E-state index contributed by atoms with van der Waals surface area (Å²) in [6.07, 6.45) is 14.4. The van der Waals surface area contributed by atoms with Crippen LogP contribution in [0.2, 0.25) is 39.7 Å². The molecule has 682 valence electrons. The zero-order valence-electron chi connectivity index (χ0n) is 74.0. The molecule has 4 heterocycles. The first-order valence-corrected chi connectivity index (χ1v) is 51.8. The van der Waals surface area contributed by atoms with Crippen LogP contribution in [-0.2, 0) is 42.7 Å². The zero-order chi connectivity index (χ0) is 91.4. The van der Waals surface area contributed by atoms with Crippen LogP contribution < -0.4 is 25.3 Å². The molecule has 0 aromatic heterocycles. The number of hydrogen-bond donors (Lipinski definition) is 3. The molecule has 0 spiro atoms. The summed E-state index contributed by atoms with van der Waals surface area (Å²) in [5.41, 5.74) is 8.85. The molecule has 0 radical (unpaired) electrons. The topological polar surface area (TPSA) is 227 Å². The van der Waals surface area contributed by atoms with E-state index in [1.807, 2.05) is 109 Å². The highest BCUT2D eigenvalue weighted by Gasteiger charge is 2.59. The van der Waals surface area contributed by atoms with Gasteiger partial charge in [-0.2, -0.15) is 13.2 Å². The number of ketones is 1. The van der Waals surface area contributed by atoms with Gasteiger partial charge in [-0.25, -0.2) is 4.79 Å². The maximum atomic E-state index is 13.6. The highest BCUT2D eigenvalue weighted by molar-refractivity contribution is 14.1. The molecule has 0 aliphatic carbocycles. The van der Waals surface area contributed by atoms with Crippen LogP contribution in [0, 0.1) is 23.7 Å². The number of anilines is 4. The summed E-state index contributed by atoms with van der Waals surface area (Å²) in [6, 6.07) is 48.1. The molecular formula is C97H128Cl4F3IN8O11Si. The van der Waals surface area contributed by atoms with Gasteiger partial charge in [-0.1, -0.05) is 196 Å². The van der Waals surface area contributed by atoms with Gasteiger partial charge in [-0.05, 0) is 198 Å².